The molecule has 0 bridgehead atoms. The molecule has 0 spiro atoms. The first-order chi connectivity index (χ1) is 12.3. The molecule has 1 atom stereocenters. The van der Waals surface area contributed by atoms with Crippen LogP contribution in [-0.4, -0.2) is 56.8 Å². The summed E-state index contributed by atoms with van der Waals surface area (Å²) in [5.74, 6) is -0.183. The predicted molar refractivity (Wildman–Crippen MR) is 98.6 cm³/mol. The standard InChI is InChI=1S/C17H25N3O5S/c1-3-25-17(22)18-14-8-5-7-13(11-14)16(21)20-10-6-9-15(12-20)19-26(23,24)4-2/h5,7-8,11,15,19H,3-4,6,9-10,12H2,1-2H3,(H,18,22). The fourth-order valence-electron chi connectivity index (χ4n) is 2.79. The highest BCUT2D eigenvalue weighted by Gasteiger charge is 2.27. The Kier molecular flexibility index (Phi) is 6.98. The average Bonchev–Trinajstić information content (AvgIpc) is 2.61. The molecule has 2 rings (SSSR count). The number of carbonyl (C=O) groups is 2. The third-order valence-electron chi connectivity index (χ3n) is 4.07. The van der Waals surface area contributed by atoms with Crippen molar-refractivity contribution in [2.75, 3.05) is 30.8 Å². The summed E-state index contributed by atoms with van der Waals surface area (Å²) in [7, 11) is -3.31. The molecule has 1 aliphatic rings. The van der Waals surface area contributed by atoms with Gasteiger partial charge in [0.1, 0.15) is 0 Å². The molecule has 9 heteroatoms. The third kappa shape index (κ3) is 5.70. The molecule has 1 heterocycles. The number of nitrogens with zero attached hydrogens (tertiary/aromatic N) is 1. The lowest BCUT2D eigenvalue weighted by Gasteiger charge is -2.33. The van der Waals surface area contributed by atoms with Gasteiger partial charge in [0.2, 0.25) is 10.0 Å². The first-order valence-electron chi connectivity index (χ1n) is 8.67. The van der Waals surface area contributed by atoms with Gasteiger partial charge in [-0.3, -0.25) is 10.1 Å². The Hall–Kier alpha value is -2.13. The Morgan fingerprint density at radius 3 is 2.77 bits per heavy atom. The fourth-order valence-corrected chi connectivity index (χ4v) is 3.66. The van der Waals surface area contributed by atoms with Crippen LogP contribution in [0.5, 0.6) is 0 Å². The molecule has 2 amide bonds. The summed E-state index contributed by atoms with van der Waals surface area (Å²) >= 11 is 0. The van der Waals surface area contributed by atoms with Gasteiger partial charge in [0.25, 0.3) is 5.91 Å². The molecule has 0 aliphatic carbocycles. The fraction of sp³-hybridized carbons (Fsp3) is 0.529. The van der Waals surface area contributed by atoms with Gasteiger partial charge in [-0.15, -0.1) is 0 Å². The lowest BCUT2D eigenvalue weighted by atomic mass is 10.1. The van der Waals surface area contributed by atoms with Crippen LogP contribution in [0.3, 0.4) is 0 Å². The first-order valence-corrected chi connectivity index (χ1v) is 10.3. The second-order valence-electron chi connectivity index (χ2n) is 6.04. The molecule has 8 nitrogen and oxygen atoms in total. The van der Waals surface area contributed by atoms with Crippen molar-refractivity contribution < 1.29 is 22.7 Å². The molecule has 1 aliphatic heterocycles. The maximum Gasteiger partial charge on any atom is 0.411 e. The average molecular weight is 383 g/mol. The van der Waals surface area contributed by atoms with Crippen LogP contribution in [-0.2, 0) is 14.8 Å². The first kappa shape index (κ1) is 20.2. The molecule has 0 aromatic heterocycles. The molecule has 1 aromatic rings. The molecule has 0 saturated carbocycles. The zero-order chi connectivity index (χ0) is 19.2. The Morgan fingerprint density at radius 1 is 1.31 bits per heavy atom. The summed E-state index contributed by atoms with van der Waals surface area (Å²) in [5.41, 5.74) is 0.896. The Bertz CT molecular complexity index is 751. The number of carbonyl (C=O) groups excluding carboxylic acids is 2. The van der Waals surface area contributed by atoms with E-state index in [1.54, 1.807) is 43.0 Å². The van der Waals surface area contributed by atoms with E-state index in [4.69, 9.17) is 4.74 Å². The molecule has 2 N–H and O–H groups in total. The number of nitrogens with one attached hydrogen (secondary N) is 2. The lowest BCUT2D eigenvalue weighted by molar-refractivity contribution is 0.0703. The molecule has 1 fully saturated rings. The maximum absolute atomic E-state index is 12.7. The number of ether oxygens (including phenoxy) is 1. The van der Waals surface area contributed by atoms with Crippen LogP contribution in [0.2, 0.25) is 0 Å². The molecular weight excluding hydrogens is 358 g/mol. The van der Waals surface area contributed by atoms with Crippen molar-refractivity contribution in [1.82, 2.24) is 9.62 Å². The minimum Gasteiger partial charge on any atom is -0.450 e. The van der Waals surface area contributed by atoms with Gasteiger partial charge in [-0.25, -0.2) is 17.9 Å². The highest BCUT2D eigenvalue weighted by Crippen LogP contribution is 2.17. The molecule has 26 heavy (non-hydrogen) atoms. The summed E-state index contributed by atoms with van der Waals surface area (Å²) in [5, 5.41) is 2.56. The topological polar surface area (TPSA) is 105 Å². The van der Waals surface area contributed by atoms with E-state index in [2.05, 4.69) is 10.0 Å². The molecule has 1 unspecified atom stereocenters. The van der Waals surface area contributed by atoms with E-state index in [-0.39, 0.29) is 24.3 Å². The van der Waals surface area contributed by atoms with Crippen molar-refractivity contribution in [1.29, 1.82) is 0 Å². The van der Waals surface area contributed by atoms with Gasteiger partial charge in [0, 0.05) is 30.4 Å². The van der Waals surface area contributed by atoms with E-state index < -0.39 is 16.1 Å². The van der Waals surface area contributed by atoms with Gasteiger partial charge in [-0.2, -0.15) is 0 Å². The predicted octanol–water partition coefficient (Wildman–Crippen LogP) is 1.80. The number of anilines is 1. The number of benzene rings is 1. The summed E-state index contributed by atoms with van der Waals surface area (Å²) in [6, 6.07) is 6.31. The molecule has 144 valence electrons. The van der Waals surface area contributed by atoms with Gasteiger partial charge in [-0.05, 0) is 44.9 Å². The van der Waals surface area contributed by atoms with Crippen LogP contribution in [0.15, 0.2) is 24.3 Å². The van der Waals surface area contributed by atoms with Crippen molar-refractivity contribution >= 4 is 27.7 Å². The van der Waals surface area contributed by atoms with E-state index in [1.165, 1.54) is 0 Å². The van der Waals surface area contributed by atoms with Gasteiger partial charge >= 0.3 is 6.09 Å². The Morgan fingerprint density at radius 2 is 2.08 bits per heavy atom. The Labute approximate surface area is 153 Å². The minimum atomic E-state index is -3.31. The van der Waals surface area contributed by atoms with Crippen molar-refractivity contribution in [3.8, 4) is 0 Å². The van der Waals surface area contributed by atoms with Crippen molar-refractivity contribution in [3.05, 3.63) is 29.8 Å². The number of hydrogen-bond donors (Lipinski definition) is 2. The van der Waals surface area contributed by atoms with Crippen LogP contribution >= 0.6 is 0 Å². The van der Waals surface area contributed by atoms with E-state index in [9.17, 15) is 18.0 Å². The number of hydrogen-bond acceptors (Lipinski definition) is 5. The summed E-state index contributed by atoms with van der Waals surface area (Å²) in [6.07, 6.45) is 0.848. The maximum atomic E-state index is 12.7. The summed E-state index contributed by atoms with van der Waals surface area (Å²) in [6.45, 7) is 4.44. The van der Waals surface area contributed by atoms with Crippen LogP contribution < -0.4 is 10.0 Å². The second-order valence-corrected chi connectivity index (χ2v) is 8.08. The molecule has 1 aromatic carbocycles. The van der Waals surface area contributed by atoms with Crippen molar-refractivity contribution in [2.45, 2.75) is 32.7 Å². The second kappa shape index (κ2) is 9.00. The number of amides is 2. The normalized spacial score (nSPS) is 17.6. The Balaban J connectivity index is 2.05. The zero-order valence-electron chi connectivity index (χ0n) is 15.0. The van der Waals surface area contributed by atoms with Crippen molar-refractivity contribution in [3.63, 3.8) is 0 Å². The number of likely N-dealkylation sites (tertiary alicyclic amines) is 1. The van der Waals surface area contributed by atoms with E-state index in [0.717, 1.165) is 6.42 Å². The van der Waals surface area contributed by atoms with Crippen LogP contribution in [0, 0.1) is 0 Å². The van der Waals surface area contributed by atoms with E-state index in [0.29, 0.717) is 30.8 Å². The number of sulfonamides is 1. The van der Waals surface area contributed by atoms with Gasteiger partial charge in [0.05, 0.1) is 12.4 Å². The quantitative estimate of drug-likeness (QED) is 0.779. The highest BCUT2D eigenvalue weighted by molar-refractivity contribution is 7.89. The van der Waals surface area contributed by atoms with Gasteiger partial charge < -0.3 is 9.64 Å². The molecular formula is C17H25N3O5S. The molecule has 1 saturated heterocycles. The van der Waals surface area contributed by atoms with Crippen LogP contribution in [0.25, 0.3) is 0 Å². The zero-order valence-corrected chi connectivity index (χ0v) is 15.8. The third-order valence-corrected chi connectivity index (χ3v) is 5.52. The highest BCUT2D eigenvalue weighted by atomic mass is 32.2. The summed E-state index contributed by atoms with van der Waals surface area (Å²) < 4.78 is 31.0. The number of piperidine rings is 1. The van der Waals surface area contributed by atoms with Gasteiger partial charge in [-0.1, -0.05) is 6.07 Å². The van der Waals surface area contributed by atoms with E-state index in [1.807, 2.05) is 0 Å². The minimum absolute atomic E-state index is 0.0129. The van der Waals surface area contributed by atoms with Gasteiger partial charge in [0.15, 0.2) is 0 Å². The SMILES string of the molecule is CCOC(=O)Nc1cccc(C(=O)N2CCCC(NS(=O)(=O)CC)C2)c1. The van der Waals surface area contributed by atoms with Crippen LogP contribution in [0.1, 0.15) is 37.0 Å². The monoisotopic (exact) mass is 383 g/mol. The van der Waals surface area contributed by atoms with Crippen molar-refractivity contribution in [2.24, 2.45) is 0 Å². The lowest BCUT2D eigenvalue weighted by Crippen LogP contribution is -2.49. The summed E-state index contributed by atoms with van der Waals surface area (Å²) in [4.78, 5) is 25.9. The van der Waals surface area contributed by atoms with Crippen LogP contribution in [0.4, 0.5) is 10.5 Å². The van der Waals surface area contributed by atoms with E-state index >= 15 is 0 Å². The molecule has 0 radical (unpaired) electrons. The number of rotatable bonds is 6. The largest absolute Gasteiger partial charge is 0.450 e. The smallest absolute Gasteiger partial charge is 0.411 e.